The third-order valence-electron chi connectivity index (χ3n) is 8.82. The molecule has 1 amide bonds. The number of alkyl halides is 9. The van der Waals surface area contributed by atoms with Crippen molar-refractivity contribution in [3.8, 4) is 0 Å². The molecule has 2 aromatic rings. The molecule has 0 unspecified atom stereocenters. The molecule has 0 radical (unpaired) electrons. The van der Waals surface area contributed by atoms with Gasteiger partial charge in [0.05, 0.1) is 29.9 Å². The lowest BCUT2D eigenvalue weighted by Crippen LogP contribution is -2.58. The zero-order valence-corrected chi connectivity index (χ0v) is 28.5. The SMILES string of the molecule is COC[C@H]1CCC[C@@H](COC)N1CCN1CCN(C(=O)c2cc(C(F)(F)F)cc(C(F)(F)F)c2)[C@H](Cc2ccc(C(F)(F)F)cc2)C1.Cl.Cl. The van der Waals surface area contributed by atoms with Crippen molar-refractivity contribution in [3.63, 3.8) is 0 Å². The largest absolute Gasteiger partial charge is 0.416 e. The number of piperazine rings is 1. The van der Waals surface area contributed by atoms with E-state index in [0.717, 1.165) is 31.4 Å². The second-order valence-electron chi connectivity index (χ2n) is 12.0. The average Bonchev–Trinajstić information content (AvgIpc) is 2.99. The molecule has 2 aliphatic heterocycles. The van der Waals surface area contributed by atoms with E-state index in [9.17, 15) is 44.3 Å². The van der Waals surface area contributed by atoms with Crippen LogP contribution in [-0.4, -0.2) is 98.9 Å². The smallest absolute Gasteiger partial charge is 0.383 e. The Kier molecular flexibility index (Phi) is 15.5. The van der Waals surface area contributed by atoms with E-state index >= 15 is 0 Å². The highest BCUT2D eigenvalue weighted by molar-refractivity contribution is 5.95. The molecular weight excluding hydrogens is 716 g/mol. The lowest BCUT2D eigenvalue weighted by atomic mass is 9.96. The van der Waals surface area contributed by atoms with E-state index in [4.69, 9.17) is 9.47 Å². The van der Waals surface area contributed by atoms with E-state index < -0.39 is 52.7 Å². The van der Waals surface area contributed by atoms with Gasteiger partial charge in [0.2, 0.25) is 0 Å². The molecule has 2 aliphatic rings. The van der Waals surface area contributed by atoms with Crippen molar-refractivity contribution in [2.45, 2.75) is 62.3 Å². The van der Waals surface area contributed by atoms with Gasteiger partial charge in [-0.3, -0.25) is 14.6 Å². The molecule has 0 spiro atoms. The van der Waals surface area contributed by atoms with Crippen molar-refractivity contribution in [3.05, 3.63) is 70.3 Å². The Morgan fingerprint density at radius 3 is 1.69 bits per heavy atom. The highest BCUT2D eigenvalue weighted by Crippen LogP contribution is 2.37. The van der Waals surface area contributed by atoms with Crippen LogP contribution in [0.25, 0.3) is 0 Å². The minimum Gasteiger partial charge on any atom is -0.383 e. The number of ether oxygens (including phenoxy) is 2. The molecule has 0 bridgehead atoms. The first-order valence-electron chi connectivity index (χ1n) is 15.2. The minimum absolute atomic E-state index is 0. The van der Waals surface area contributed by atoms with Gasteiger partial charge in [-0.05, 0) is 55.2 Å². The topological polar surface area (TPSA) is 45.3 Å². The predicted octanol–water partition coefficient (Wildman–Crippen LogP) is 7.47. The molecule has 2 aromatic carbocycles. The number of benzene rings is 2. The molecule has 2 fully saturated rings. The monoisotopic (exact) mass is 755 g/mol. The Hall–Kier alpha value is -2.30. The van der Waals surface area contributed by atoms with Crippen molar-refractivity contribution in [2.24, 2.45) is 0 Å². The second kappa shape index (κ2) is 17.8. The number of hydrogen-bond acceptors (Lipinski definition) is 5. The fraction of sp³-hybridized carbons (Fsp3) is 0.594. The van der Waals surface area contributed by atoms with Gasteiger partial charge in [0.1, 0.15) is 0 Å². The third-order valence-corrected chi connectivity index (χ3v) is 8.82. The van der Waals surface area contributed by atoms with Gasteiger partial charge in [-0.25, -0.2) is 0 Å². The Morgan fingerprint density at radius 1 is 0.714 bits per heavy atom. The summed E-state index contributed by atoms with van der Waals surface area (Å²) in [6.07, 6.45) is -11.9. The zero-order chi connectivity index (χ0) is 34.6. The van der Waals surface area contributed by atoms with Gasteiger partial charge in [-0.1, -0.05) is 18.6 Å². The summed E-state index contributed by atoms with van der Waals surface area (Å²) in [7, 11) is 3.25. The van der Waals surface area contributed by atoms with Crippen molar-refractivity contribution >= 4 is 30.7 Å². The Morgan fingerprint density at radius 2 is 1.22 bits per heavy atom. The van der Waals surface area contributed by atoms with Crippen LogP contribution in [0.5, 0.6) is 0 Å². The van der Waals surface area contributed by atoms with Crippen LogP contribution in [0.15, 0.2) is 42.5 Å². The number of likely N-dealkylation sites (tertiary alicyclic amines) is 1. The normalized spacial score (nSPS) is 21.2. The maximum atomic E-state index is 13.7. The van der Waals surface area contributed by atoms with Crippen LogP contribution in [0.3, 0.4) is 0 Å². The van der Waals surface area contributed by atoms with Crippen molar-refractivity contribution in [1.82, 2.24) is 14.7 Å². The standard InChI is InChI=1S/C32H38F9N3O3.2ClH/c1-46-19-26-4-3-5-27(20-47-2)43(26)12-10-42-11-13-44(28(18-42)14-21-6-8-23(9-7-21)30(33,34)35)29(45)22-15-24(31(36,37)38)17-25(16-22)32(39,40)41;;/h6-9,15-17,26-28H,3-5,10-14,18-20H2,1-2H3;2*1H/t26-,27+,28-;;/m1../s1. The zero-order valence-electron chi connectivity index (χ0n) is 26.8. The Balaban J connectivity index is 0.00000417. The lowest BCUT2D eigenvalue weighted by molar-refractivity contribution is -0.143. The molecule has 17 heteroatoms. The average molecular weight is 757 g/mol. The lowest BCUT2D eigenvalue weighted by Gasteiger charge is -2.45. The predicted molar refractivity (Wildman–Crippen MR) is 169 cm³/mol. The first kappa shape index (κ1) is 42.9. The molecule has 6 nitrogen and oxygen atoms in total. The van der Waals surface area contributed by atoms with Crippen molar-refractivity contribution in [2.75, 3.05) is 60.2 Å². The number of rotatable bonds is 10. The van der Waals surface area contributed by atoms with Crippen LogP contribution in [0.2, 0.25) is 0 Å². The summed E-state index contributed by atoms with van der Waals surface area (Å²) >= 11 is 0. The second-order valence-corrected chi connectivity index (χ2v) is 12.0. The summed E-state index contributed by atoms with van der Waals surface area (Å²) < 4.78 is 132. The van der Waals surface area contributed by atoms with Crippen LogP contribution in [0.1, 0.15) is 51.9 Å². The summed E-state index contributed by atoms with van der Waals surface area (Å²) in [6.45, 7) is 2.68. The van der Waals surface area contributed by atoms with Gasteiger partial charge in [-0.2, -0.15) is 39.5 Å². The number of hydrogen-bond donors (Lipinski definition) is 0. The molecule has 3 atom stereocenters. The molecular formula is C32H40Cl2F9N3O3. The fourth-order valence-electron chi connectivity index (χ4n) is 6.49. The first-order chi connectivity index (χ1) is 22.0. The number of methoxy groups -OCH3 is 2. The third kappa shape index (κ3) is 11.3. The molecule has 0 aromatic heterocycles. The van der Waals surface area contributed by atoms with Gasteiger partial charge >= 0.3 is 18.5 Å². The van der Waals surface area contributed by atoms with E-state index in [1.807, 2.05) is 4.90 Å². The van der Waals surface area contributed by atoms with Crippen molar-refractivity contribution < 1.29 is 53.8 Å². The summed E-state index contributed by atoms with van der Waals surface area (Å²) in [5, 5.41) is 0. The number of nitrogens with zero attached hydrogens (tertiary/aromatic N) is 3. The summed E-state index contributed by atoms with van der Waals surface area (Å²) in [5.41, 5.74) is -4.42. The number of amides is 1. The molecule has 2 saturated heterocycles. The van der Waals surface area contributed by atoms with Crippen LogP contribution < -0.4 is 0 Å². The Labute approximate surface area is 291 Å². The fourth-order valence-corrected chi connectivity index (χ4v) is 6.49. The maximum absolute atomic E-state index is 13.7. The van der Waals surface area contributed by atoms with Gasteiger partial charge < -0.3 is 14.4 Å². The van der Waals surface area contributed by atoms with Gasteiger partial charge in [-0.15, -0.1) is 24.8 Å². The molecule has 2 heterocycles. The van der Waals surface area contributed by atoms with E-state index in [-0.39, 0.29) is 69.0 Å². The van der Waals surface area contributed by atoms with E-state index in [1.54, 1.807) is 14.2 Å². The van der Waals surface area contributed by atoms with Gasteiger partial charge in [0.25, 0.3) is 5.91 Å². The van der Waals surface area contributed by atoms with Crippen LogP contribution in [0, 0.1) is 0 Å². The van der Waals surface area contributed by atoms with E-state index in [1.165, 1.54) is 17.0 Å². The number of piperidine rings is 1. The molecule has 4 rings (SSSR count). The molecule has 0 aliphatic carbocycles. The molecule has 49 heavy (non-hydrogen) atoms. The van der Waals surface area contributed by atoms with Crippen LogP contribution in [-0.2, 0) is 34.4 Å². The maximum Gasteiger partial charge on any atom is 0.416 e. The highest BCUT2D eigenvalue weighted by Gasteiger charge is 2.40. The quantitative estimate of drug-likeness (QED) is 0.236. The molecule has 0 saturated carbocycles. The number of carbonyl (C=O) groups is 1. The summed E-state index contributed by atoms with van der Waals surface area (Å²) in [6, 6.07) is 4.64. The van der Waals surface area contributed by atoms with Crippen LogP contribution in [0.4, 0.5) is 39.5 Å². The minimum atomic E-state index is -5.13. The number of halogens is 11. The summed E-state index contributed by atoms with van der Waals surface area (Å²) in [5.74, 6) is -1.02. The van der Waals surface area contributed by atoms with Gasteiger partial charge in [0.15, 0.2) is 0 Å². The first-order valence-corrected chi connectivity index (χ1v) is 15.2. The Bertz CT molecular complexity index is 1290. The number of carbonyl (C=O) groups excluding carboxylic acids is 1. The van der Waals surface area contributed by atoms with Crippen molar-refractivity contribution in [1.29, 1.82) is 0 Å². The van der Waals surface area contributed by atoms with E-state index in [2.05, 4.69) is 4.90 Å². The molecule has 278 valence electrons. The van der Waals surface area contributed by atoms with Crippen LogP contribution >= 0.6 is 24.8 Å². The molecule has 0 N–H and O–H groups in total. The highest BCUT2D eigenvalue weighted by atomic mass is 35.5. The summed E-state index contributed by atoms with van der Waals surface area (Å²) in [4.78, 5) is 19.3. The van der Waals surface area contributed by atoms with Gasteiger partial charge in [0, 0.05) is 70.6 Å². The van der Waals surface area contributed by atoms with E-state index in [0.29, 0.717) is 44.0 Å².